The third-order valence-electron chi connectivity index (χ3n) is 5.65. The van der Waals surface area contributed by atoms with Crippen molar-refractivity contribution in [3.8, 4) is 0 Å². The van der Waals surface area contributed by atoms with E-state index in [1.807, 2.05) is 0 Å². The molecule has 1 unspecified atom stereocenters. The number of amides is 1. The lowest BCUT2D eigenvalue weighted by atomic mass is 9.83. The van der Waals surface area contributed by atoms with Gasteiger partial charge < -0.3 is 4.90 Å². The molecule has 20 heavy (non-hydrogen) atoms. The molecule has 0 aromatic heterocycles. The second-order valence-corrected chi connectivity index (χ2v) is 7.67. The van der Waals surface area contributed by atoms with Crippen LogP contribution in [0, 0.1) is 11.8 Å². The van der Waals surface area contributed by atoms with Crippen LogP contribution < -0.4 is 5.32 Å². The highest BCUT2D eigenvalue weighted by Crippen LogP contribution is 2.45. The lowest BCUT2D eigenvalue weighted by Gasteiger charge is -2.38. The Balaban J connectivity index is 1.70. The summed E-state index contributed by atoms with van der Waals surface area (Å²) in [6.45, 7) is 6.82. The molecule has 1 aliphatic heterocycles. The average molecular weight is 278 g/mol. The van der Waals surface area contributed by atoms with Gasteiger partial charge in [0.15, 0.2) is 0 Å². The number of carbonyl (C=O) groups is 1. The van der Waals surface area contributed by atoms with E-state index < -0.39 is 0 Å². The van der Waals surface area contributed by atoms with Crippen LogP contribution in [0.3, 0.4) is 0 Å². The zero-order valence-electron chi connectivity index (χ0n) is 13.3. The summed E-state index contributed by atoms with van der Waals surface area (Å²) in [5.74, 6) is 1.96. The first kappa shape index (κ1) is 14.4. The van der Waals surface area contributed by atoms with E-state index in [0.29, 0.717) is 24.0 Å². The first-order valence-corrected chi connectivity index (χ1v) is 8.66. The van der Waals surface area contributed by atoms with E-state index >= 15 is 0 Å². The van der Waals surface area contributed by atoms with E-state index in [4.69, 9.17) is 0 Å². The summed E-state index contributed by atoms with van der Waals surface area (Å²) in [6.07, 6.45) is 9.88. The molecule has 0 radical (unpaired) electrons. The molecule has 2 saturated carbocycles. The van der Waals surface area contributed by atoms with Crippen LogP contribution in [0.15, 0.2) is 0 Å². The Morgan fingerprint density at radius 1 is 1.25 bits per heavy atom. The maximum absolute atomic E-state index is 12.8. The van der Waals surface area contributed by atoms with Crippen molar-refractivity contribution in [3.63, 3.8) is 0 Å². The summed E-state index contributed by atoms with van der Waals surface area (Å²) in [6, 6.07) is 0.501. The van der Waals surface area contributed by atoms with E-state index in [9.17, 15) is 4.79 Å². The standard InChI is InChI=1S/C17H30N2O/c1-4-13-5-7-14(8-6-13)19-15(11-12(2)3)18-17(9-10-17)16(19)20/h12-15,18H,4-11H2,1-3H3. The molecular weight excluding hydrogens is 248 g/mol. The van der Waals surface area contributed by atoms with Crippen LogP contribution in [0.25, 0.3) is 0 Å². The predicted octanol–water partition coefficient (Wildman–Crippen LogP) is 3.29. The summed E-state index contributed by atoms with van der Waals surface area (Å²) in [4.78, 5) is 15.1. The van der Waals surface area contributed by atoms with Crippen molar-refractivity contribution < 1.29 is 4.79 Å². The highest BCUT2D eigenvalue weighted by molar-refractivity contribution is 5.92. The topological polar surface area (TPSA) is 32.3 Å². The third kappa shape index (κ3) is 2.49. The summed E-state index contributed by atoms with van der Waals surface area (Å²) in [7, 11) is 0. The summed E-state index contributed by atoms with van der Waals surface area (Å²) in [5, 5.41) is 3.67. The minimum absolute atomic E-state index is 0.138. The summed E-state index contributed by atoms with van der Waals surface area (Å²) < 4.78 is 0. The summed E-state index contributed by atoms with van der Waals surface area (Å²) >= 11 is 0. The van der Waals surface area contributed by atoms with Gasteiger partial charge in [-0.05, 0) is 56.8 Å². The van der Waals surface area contributed by atoms with E-state index in [1.165, 1.54) is 32.1 Å². The number of nitrogens with zero attached hydrogens (tertiary/aromatic N) is 1. The fourth-order valence-corrected chi connectivity index (χ4v) is 4.19. The average Bonchev–Trinajstić information content (AvgIpc) is 3.14. The van der Waals surface area contributed by atoms with Gasteiger partial charge in [0.05, 0.1) is 11.7 Å². The molecule has 0 aromatic rings. The molecule has 3 rings (SSSR count). The van der Waals surface area contributed by atoms with Gasteiger partial charge in [0.1, 0.15) is 0 Å². The van der Waals surface area contributed by atoms with Gasteiger partial charge in [-0.25, -0.2) is 0 Å². The van der Waals surface area contributed by atoms with Crippen LogP contribution in [0.1, 0.15) is 72.1 Å². The highest BCUT2D eigenvalue weighted by Gasteiger charge is 2.60. The molecule has 0 bridgehead atoms. The van der Waals surface area contributed by atoms with Gasteiger partial charge in [-0.1, -0.05) is 27.2 Å². The van der Waals surface area contributed by atoms with E-state index in [0.717, 1.165) is 25.2 Å². The lowest BCUT2D eigenvalue weighted by Crippen LogP contribution is -2.46. The maximum Gasteiger partial charge on any atom is 0.244 e. The van der Waals surface area contributed by atoms with Crippen LogP contribution in [-0.2, 0) is 4.79 Å². The van der Waals surface area contributed by atoms with Crippen molar-refractivity contribution in [1.29, 1.82) is 0 Å². The quantitative estimate of drug-likeness (QED) is 0.856. The molecule has 3 nitrogen and oxygen atoms in total. The van der Waals surface area contributed by atoms with Crippen molar-refractivity contribution in [3.05, 3.63) is 0 Å². The molecule has 3 aliphatic rings. The van der Waals surface area contributed by atoms with Crippen molar-refractivity contribution >= 4 is 5.91 Å². The van der Waals surface area contributed by atoms with E-state index in [2.05, 4.69) is 31.0 Å². The van der Waals surface area contributed by atoms with Gasteiger partial charge in [-0.3, -0.25) is 10.1 Å². The van der Waals surface area contributed by atoms with Crippen molar-refractivity contribution in [2.75, 3.05) is 0 Å². The highest BCUT2D eigenvalue weighted by atomic mass is 16.2. The molecule has 1 N–H and O–H groups in total. The van der Waals surface area contributed by atoms with Gasteiger partial charge in [0.2, 0.25) is 5.91 Å². The molecule has 1 amide bonds. The molecule has 3 heteroatoms. The van der Waals surface area contributed by atoms with Crippen LogP contribution in [0.5, 0.6) is 0 Å². The van der Waals surface area contributed by atoms with Crippen LogP contribution in [0.4, 0.5) is 0 Å². The molecule has 1 saturated heterocycles. The Labute approximate surface area is 123 Å². The Hall–Kier alpha value is -0.570. The van der Waals surface area contributed by atoms with E-state index in [1.54, 1.807) is 0 Å². The molecule has 0 aromatic carbocycles. The van der Waals surface area contributed by atoms with Crippen molar-refractivity contribution in [2.24, 2.45) is 11.8 Å². The number of rotatable bonds is 4. The monoisotopic (exact) mass is 278 g/mol. The SMILES string of the molecule is CCC1CCC(N2C(=O)C3(CC3)NC2CC(C)C)CC1. The number of hydrogen-bond acceptors (Lipinski definition) is 2. The summed E-state index contributed by atoms with van der Waals surface area (Å²) in [5.41, 5.74) is -0.138. The molecular formula is C17H30N2O. The maximum atomic E-state index is 12.8. The Morgan fingerprint density at radius 3 is 2.40 bits per heavy atom. The normalized spacial score (nSPS) is 36.1. The van der Waals surface area contributed by atoms with Crippen LogP contribution in [-0.4, -0.2) is 28.6 Å². The first-order valence-electron chi connectivity index (χ1n) is 8.66. The fraction of sp³-hybridized carbons (Fsp3) is 0.941. The van der Waals surface area contributed by atoms with Crippen LogP contribution in [0.2, 0.25) is 0 Å². The molecule has 1 heterocycles. The fourth-order valence-electron chi connectivity index (χ4n) is 4.19. The Bertz CT molecular complexity index is 367. The Morgan fingerprint density at radius 2 is 1.90 bits per heavy atom. The zero-order valence-corrected chi connectivity index (χ0v) is 13.3. The third-order valence-corrected chi connectivity index (χ3v) is 5.65. The van der Waals surface area contributed by atoms with Crippen LogP contribution >= 0.6 is 0 Å². The number of carbonyl (C=O) groups excluding carboxylic acids is 1. The van der Waals surface area contributed by atoms with Gasteiger partial charge in [-0.15, -0.1) is 0 Å². The largest absolute Gasteiger partial charge is 0.323 e. The zero-order chi connectivity index (χ0) is 14.3. The minimum atomic E-state index is -0.138. The van der Waals surface area contributed by atoms with Gasteiger partial charge in [0.25, 0.3) is 0 Å². The predicted molar refractivity (Wildman–Crippen MR) is 81.2 cm³/mol. The minimum Gasteiger partial charge on any atom is -0.323 e. The Kier molecular flexibility index (Phi) is 3.83. The molecule has 2 aliphatic carbocycles. The lowest BCUT2D eigenvalue weighted by molar-refractivity contribution is -0.134. The molecule has 1 atom stereocenters. The number of nitrogens with one attached hydrogen (secondary N) is 1. The first-order chi connectivity index (χ1) is 9.55. The van der Waals surface area contributed by atoms with Crippen molar-refractivity contribution in [1.82, 2.24) is 10.2 Å². The second-order valence-electron chi connectivity index (χ2n) is 7.67. The molecule has 3 fully saturated rings. The van der Waals surface area contributed by atoms with Gasteiger partial charge in [0, 0.05) is 6.04 Å². The van der Waals surface area contributed by atoms with Crippen molar-refractivity contribution in [2.45, 2.75) is 89.9 Å². The second kappa shape index (κ2) is 5.32. The van der Waals surface area contributed by atoms with Gasteiger partial charge in [-0.2, -0.15) is 0 Å². The molecule has 114 valence electrons. The smallest absolute Gasteiger partial charge is 0.244 e. The van der Waals surface area contributed by atoms with E-state index in [-0.39, 0.29) is 5.54 Å². The van der Waals surface area contributed by atoms with Gasteiger partial charge >= 0.3 is 0 Å². The molecule has 1 spiro atoms. The number of hydrogen-bond donors (Lipinski definition) is 1.